The van der Waals surface area contributed by atoms with Gasteiger partial charge in [0.05, 0.1) is 18.7 Å². The third-order valence-electron chi connectivity index (χ3n) is 2.82. The number of aliphatic hydroxyl groups excluding tert-OH is 1. The molecule has 0 radical (unpaired) electrons. The lowest BCUT2D eigenvalue weighted by molar-refractivity contribution is 0.0696. The number of rotatable bonds is 6. The van der Waals surface area contributed by atoms with Gasteiger partial charge in [0.15, 0.2) is 0 Å². The van der Waals surface area contributed by atoms with E-state index in [4.69, 9.17) is 10.2 Å². The molecule has 0 spiro atoms. The Morgan fingerprint density at radius 3 is 2.57 bits per heavy atom. The van der Waals surface area contributed by atoms with Crippen molar-refractivity contribution in [3.63, 3.8) is 0 Å². The summed E-state index contributed by atoms with van der Waals surface area (Å²) >= 11 is 0. The van der Waals surface area contributed by atoms with Gasteiger partial charge in [-0.15, -0.1) is 0 Å². The number of amides is 2. The van der Waals surface area contributed by atoms with Crippen LogP contribution < -0.4 is 5.32 Å². The lowest BCUT2D eigenvalue weighted by Crippen LogP contribution is -2.40. The summed E-state index contributed by atoms with van der Waals surface area (Å²) in [6, 6.07) is 3.46. The number of hydrogen-bond acceptors (Lipinski definition) is 3. The quantitative estimate of drug-likeness (QED) is 0.747. The van der Waals surface area contributed by atoms with Gasteiger partial charge in [0.25, 0.3) is 6.43 Å². The molecule has 21 heavy (non-hydrogen) atoms. The van der Waals surface area contributed by atoms with Crippen molar-refractivity contribution in [1.82, 2.24) is 4.90 Å². The molecule has 0 fully saturated rings. The second-order valence-corrected chi connectivity index (χ2v) is 4.27. The zero-order valence-electron chi connectivity index (χ0n) is 11.3. The van der Waals surface area contributed by atoms with E-state index in [0.29, 0.717) is 5.56 Å². The molecule has 0 aromatic heterocycles. The Bertz CT molecular complexity index is 523. The van der Waals surface area contributed by atoms with Gasteiger partial charge < -0.3 is 20.4 Å². The molecule has 8 heteroatoms. The smallest absolute Gasteiger partial charge is 0.336 e. The Morgan fingerprint density at radius 2 is 2.05 bits per heavy atom. The Hall–Kier alpha value is -2.22. The number of anilines is 1. The number of carbonyl (C=O) groups excluding carboxylic acids is 1. The number of nitrogens with zero attached hydrogens (tertiary/aromatic N) is 1. The molecule has 3 N–H and O–H groups in total. The maximum Gasteiger partial charge on any atom is 0.336 e. The highest BCUT2D eigenvalue weighted by atomic mass is 19.3. The maximum absolute atomic E-state index is 12.4. The molecule has 116 valence electrons. The fourth-order valence-corrected chi connectivity index (χ4v) is 1.76. The van der Waals surface area contributed by atoms with Crippen molar-refractivity contribution in [2.24, 2.45) is 0 Å². The van der Waals surface area contributed by atoms with Crippen LogP contribution in [-0.4, -0.2) is 53.2 Å². The van der Waals surface area contributed by atoms with E-state index in [1.54, 1.807) is 0 Å². The predicted molar refractivity (Wildman–Crippen MR) is 71.8 cm³/mol. The summed E-state index contributed by atoms with van der Waals surface area (Å²) in [6.07, 6.45) is -2.73. The van der Waals surface area contributed by atoms with Gasteiger partial charge in [-0.05, 0) is 24.6 Å². The molecule has 2 amide bonds. The second-order valence-electron chi connectivity index (χ2n) is 4.27. The normalized spacial score (nSPS) is 10.5. The van der Waals surface area contributed by atoms with Gasteiger partial charge in [-0.2, -0.15) is 0 Å². The topological polar surface area (TPSA) is 89.9 Å². The van der Waals surface area contributed by atoms with Gasteiger partial charge in [0, 0.05) is 12.2 Å². The van der Waals surface area contributed by atoms with Crippen LogP contribution in [0.25, 0.3) is 0 Å². The van der Waals surface area contributed by atoms with Gasteiger partial charge >= 0.3 is 12.0 Å². The number of alkyl halides is 2. The Kier molecular flexibility index (Phi) is 6.04. The number of benzene rings is 1. The first-order chi connectivity index (χ1) is 9.86. The average molecular weight is 302 g/mol. The third-order valence-corrected chi connectivity index (χ3v) is 2.82. The highest BCUT2D eigenvalue weighted by Gasteiger charge is 2.19. The monoisotopic (exact) mass is 302 g/mol. The standard InChI is InChI=1S/C13H16F2N2O4/c1-8-9(12(19)20)3-2-4-10(8)16-13(21)17(5-6-18)7-11(14)15/h2-4,11,18H,5-7H2,1H3,(H,16,21)(H,19,20). The summed E-state index contributed by atoms with van der Waals surface area (Å²) < 4.78 is 24.8. The molecule has 0 aliphatic heterocycles. The van der Waals surface area contributed by atoms with Crippen molar-refractivity contribution >= 4 is 17.7 Å². The first-order valence-electron chi connectivity index (χ1n) is 6.14. The summed E-state index contributed by atoms with van der Waals surface area (Å²) in [4.78, 5) is 23.6. The summed E-state index contributed by atoms with van der Waals surface area (Å²) in [5.74, 6) is -1.15. The molecule has 1 aromatic rings. The van der Waals surface area contributed by atoms with E-state index in [2.05, 4.69) is 5.32 Å². The molecule has 0 unspecified atom stereocenters. The lowest BCUT2D eigenvalue weighted by atomic mass is 10.1. The Morgan fingerprint density at radius 1 is 1.38 bits per heavy atom. The molecule has 0 aliphatic rings. The molecule has 0 atom stereocenters. The molecule has 1 rings (SSSR count). The Labute approximate surface area is 120 Å². The van der Waals surface area contributed by atoms with Crippen LogP contribution in [-0.2, 0) is 0 Å². The van der Waals surface area contributed by atoms with E-state index in [-0.39, 0.29) is 17.8 Å². The van der Waals surface area contributed by atoms with Gasteiger partial charge in [0.2, 0.25) is 0 Å². The number of aliphatic hydroxyl groups is 1. The summed E-state index contributed by atoms with van der Waals surface area (Å²) in [6.45, 7) is -0.00520. The zero-order chi connectivity index (χ0) is 16.0. The Balaban J connectivity index is 2.91. The maximum atomic E-state index is 12.4. The number of aromatic carboxylic acids is 1. The molecule has 0 bridgehead atoms. The van der Waals surface area contributed by atoms with E-state index in [9.17, 15) is 18.4 Å². The summed E-state index contributed by atoms with van der Waals surface area (Å²) in [7, 11) is 0. The summed E-state index contributed by atoms with van der Waals surface area (Å²) in [5.41, 5.74) is 0.548. The average Bonchev–Trinajstić information content (AvgIpc) is 2.39. The van der Waals surface area contributed by atoms with E-state index < -0.39 is 31.6 Å². The van der Waals surface area contributed by atoms with Crippen molar-refractivity contribution < 1.29 is 28.6 Å². The van der Waals surface area contributed by atoms with Crippen LogP contribution >= 0.6 is 0 Å². The molecular weight excluding hydrogens is 286 g/mol. The van der Waals surface area contributed by atoms with Gasteiger partial charge in [-0.1, -0.05) is 6.07 Å². The molecule has 0 aliphatic carbocycles. The number of nitrogens with one attached hydrogen (secondary N) is 1. The van der Waals surface area contributed by atoms with E-state index in [0.717, 1.165) is 4.90 Å². The van der Waals surface area contributed by atoms with Crippen LogP contribution in [0.3, 0.4) is 0 Å². The van der Waals surface area contributed by atoms with Crippen LogP contribution in [0, 0.1) is 6.92 Å². The van der Waals surface area contributed by atoms with Crippen LogP contribution in [0.2, 0.25) is 0 Å². The van der Waals surface area contributed by atoms with Crippen LogP contribution in [0.15, 0.2) is 18.2 Å². The minimum Gasteiger partial charge on any atom is -0.478 e. The van der Waals surface area contributed by atoms with E-state index >= 15 is 0 Å². The molecule has 0 saturated carbocycles. The number of hydrogen-bond donors (Lipinski definition) is 3. The summed E-state index contributed by atoms with van der Waals surface area (Å²) in [5, 5.41) is 20.1. The number of carbonyl (C=O) groups is 2. The zero-order valence-corrected chi connectivity index (χ0v) is 11.3. The van der Waals surface area contributed by atoms with Crippen molar-refractivity contribution in [2.75, 3.05) is 25.0 Å². The molecule has 6 nitrogen and oxygen atoms in total. The second kappa shape index (κ2) is 7.53. The van der Waals surface area contributed by atoms with Crippen LogP contribution in [0.5, 0.6) is 0 Å². The number of carboxylic acids is 1. The van der Waals surface area contributed by atoms with Crippen molar-refractivity contribution in [3.8, 4) is 0 Å². The van der Waals surface area contributed by atoms with Gasteiger partial charge in [0.1, 0.15) is 0 Å². The number of carboxylic acid groups (broad SMARTS) is 1. The first kappa shape index (κ1) is 16.8. The fourth-order valence-electron chi connectivity index (χ4n) is 1.76. The molecular formula is C13H16F2N2O4. The number of urea groups is 1. The largest absolute Gasteiger partial charge is 0.478 e. The van der Waals surface area contributed by atoms with E-state index in [1.165, 1.54) is 25.1 Å². The highest BCUT2D eigenvalue weighted by molar-refractivity contribution is 5.95. The number of halogens is 2. The van der Waals surface area contributed by atoms with Crippen molar-refractivity contribution in [2.45, 2.75) is 13.3 Å². The van der Waals surface area contributed by atoms with Crippen LogP contribution in [0.4, 0.5) is 19.3 Å². The van der Waals surface area contributed by atoms with Crippen molar-refractivity contribution in [1.29, 1.82) is 0 Å². The van der Waals surface area contributed by atoms with Gasteiger partial charge in [-0.25, -0.2) is 18.4 Å². The first-order valence-corrected chi connectivity index (χ1v) is 6.14. The molecule has 0 saturated heterocycles. The lowest BCUT2D eigenvalue weighted by Gasteiger charge is -2.22. The molecule has 1 aromatic carbocycles. The highest BCUT2D eigenvalue weighted by Crippen LogP contribution is 2.19. The fraction of sp³-hybridized carbons (Fsp3) is 0.385. The third kappa shape index (κ3) is 4.67. The van der Waals surface area contributed by atoms with Crippen LogP contribution in [0.1, 0.15) is 15.9 Å². The predicted octanol–water partition coefficient (Wildman–Crippen LogP) is 1.78. The SMILES string of the molecule is Cc1c(NC(=O)N(CCO)CC(F)F)cccc1C(=O)O. The minimum absolute atomic E-state index is 0.00960. The van der Waals surface area contributed by atoms with Gasteiger partial charge in [-0.3, -0.25) is 0 Å². The van der Waals surface area contributed by atoms with Crippen molar-refractivity contribution in [3.05, 3.63) is 29.3 Å². The minimum atomic E-state index is -2.73. The molecule has 0 heterocycles. The van der Waals surface area contributed by atoms with E-state index in [1.807, 2.05) is 0 Å².